The fourth-order valence-electron chi connectivity index (χ4n) is 5.98. The van der Waals surface area contributed by atoms with Gasteiger partial charge in [0.15, 0.2) is 0 Å². The average Bonchev–Trinajstić information content (AvgIpc) is 3.40. The zero-order chi connectivity index (χ0) is 23.9. The minimum atomic E-state index is -1.09. The predicted octanol–water partition coefficient (Wildman–Crippen LogP) is 4.29. The van der Waals surface area contributed by atoms with Crippen LogP contribution in [-0.4, -0.2) is 53.7 Å². The lowest BCUT2D eigenvalue weighted by molar-refractivity contribution is -0.385. The van der Waals surface area contributed by atoms with Crippen molar-refractivity contribution in [3.05, 3.63) is 75.3 Å². The zero-order valence-electron chi connectivity index (χ0n) is 19.6. The van der Waals surface area contributed by atoms with Gasteiger partial charge in [0.1, 0.15) is 0 Å². The van der Waals surface area contributed by atoms with E-state index >= 15 is 0 Å². The molecule has 3 heterocycles. The normalized spacial score (nSPS) is 28.1. The lowest BCUT2D eigenvalue weighted by Crippen LogP contribution is -2.52. The molecule has 7 nitrogen and oxygen atoms in total. The van der Waals surface area contributed by atoms with Crippen molar-refractivity contribution < 1.29 is 14.4 Å². The number of benzene rings is 2. The summed E-state index contributed by atoms with van der Waals surface area (Å²) in [5.74, 6) is -0.549. The van der Waals surface area contributed by atoms with Crippen molar-refractivity contribution in [1.82, 2.24) is 10.2 Å². The summed E-state index contributed by atoms with van der Waals surface area (Å²) >= 11 is 6.04. The van der Waals surface area contributed by atoms with Crippen LogP contribution in [-0.2, 0) is 15.3 Å². The van der Waals surface area contributed by atoms with Crippen molar-refractivity contribution in [2.75, 3.05) is 26.8 Å². The molecule has 3 saturated heterocycles. The highest BCUT2D eigenvalue weighted by molar-refractivity contribution is 7.80. The van der Waals surface area contributed by atoms with E-state index in [1.165, 1.54) is 29.7 Å². The van der Waals surface area contributed by atoms with E-state index in [0.29, 0.717) is 43.3 Å². The Labute approximate surface area is 205 Å². The van der Waals surface area contributed by atoms with Crippen molar-refractivity contribution in [3.63, 3.8) is 0 Å². The fourth-order valence-corrected chi connectivity index (χ4v) is 6.38. The number of nitro groups is 1. The number of nitrogens with zero attached hydrogens (tertiary/aromatic N) is 2. The van der Waals surface area contributed by atoms with Crippen LogP contribution in [0.5, 0.6) is 0 Å². The Kier molecular flexibility index (Phi) is 6.41. The van der Waals surface area contributed by atoms with Crippen molar-refractivity contribution >= 4 is 22.9 Å². The van der Waals surface area contributed by atoms with E-state index in [1.807, 2.05) is 6.07 Å². The molecule has 0 spiro atoms. The van der Waals surface area contributed by atoms with Gasteiger partial charge in [0.2, 0.25) is 5.79 Å². The second kappa shape index (κ2) is 9.34. The number of piperidine rings is 1. The van der Waals surface area contributed by atoms with Crippen LogP contribution >= 0.6 is 12.2 Å². The van der Waals surface area contributed by atoms with Crippen LogP contribution in [0.4, 0.5) is 5.69 Å². The molecule has 3 aliphatic heterocycles. The predicted molar refractivity (Wildman–Crippen MR) is 134 cm³/mol. The van der Waals surface area contributed by atoms with Crippen LogP contribution in [0.3, 0.4) is 0 Å². The van der Waals surface area contributed by atoms with Crippen molar-refractivity contribution in [2.24, 2.45) is 5.92 Å². The van der Waals surface area contributed by atoms with Crippen molar-refractivity contribution in [3.8, 4) is 0 Å². The van der Waals surface area contributed by atoms with Gasteiger partial charge in [-0.15, -0.1) is 0 Å². The number of fused-ring (bicyclic) bond motifs is 2. The third-order valence-electron chi connectivity index (χ3n) is 7.82. The minimum absolute atomic E-state index is 0.0175. The van der Waals surface area contributed by atoms with E-state index in [2.05, 4.69) is 48.5 Å². The Hall–Kier alpha value is -2.39. The summed E-state index contributed by atoms with van der Waals surface area (Å²) in [7, 11) is 2.22. The Morgan fingerprint density at radius 3 is 2.65 bits per heavy atom. The molecule has 0 saturated carbocycles. The number of hydrogen-bond donors (Lipinski definition) is 1. The quantitative estimate of drug-likeness (QED) is 0.375. The molecule has 5 rings (SSSR count). The topological polar surface area (TPSA) is 76.9 Å². The molecule has 8 heteroatoms. The molecule has 2 aromatic rings. The molecule has 0 amide bonds. The van der Waals surface area contributed by atoms with E-state index in [9.17, 15) is 10.1 Å². The van der Waals surface area contributed by atoms with Gasteiger partial charge < -0.3 is 14.8 Å². The van der Waals surface area contributed by atoms with Gasteiger partial charge in [0.05, 0.1) is 29.7 Å². The van der Waals surface area contributed by atoms with Crippen LogP contribution in [0.15, 0.2) is 48.5 Å². The lowest BCUT2D eigenvalue weighted by Gasteiger charge is -2.44. The van der Waals surface area contributed by atoms with E-state index in [4.69, 9.17) is 21.7 Å². The summed E-state index contributed by atoms with van der Waals surface area (Å²) in [6, 6.07) is 16.3. The molecule has 2 bridgehead atoms. The summed E-state index contributed by atoms with van der Waals surface area (Å²) in [6.07, 6.45) is 3.43. The number of nitrogens with one attached hydrogen (secondary N) is 1. The molecule has 0 aromatic heterocycles. The highest BCUT2D eigenvalue weighted by Gasteiger charge is 2.48. The number of nitro benzene ring substituents is 1. The smallest absolute Gasteiger partial charge is 0.269 e. The van der Waals surface area contributed by atoms with Gasteiger partial charge in [-0.05, 0) is 44.7 Å². The van der Waals surface area contributed by atoms with Crippen LogP contribution in [0, 0.1) is 23.0 Å². The number of aryl methyl sites for hydroxylation is 1. The summed E-state index contributed by atoms with van der Waals surface area (Å²) in [5, 5.41) is 14.8. The first-order chi connectivity index (χ1) is 16.4. The summed E-state index contributed by atoms with van der Waals surface area (Å²) in [5.41, 5.74) is 3.24. The molecule has 0 aliphatic carbocycles. The average molecular weight is 482 g/mol. The standard InChI is InChI=1S/C26H31N3O4S/c1-17-6-8-18(9-7-17)22-15-20-10-11-23(28(20)2)24(22)25(34)27-16-26(32-12-13-33-26)19-4-3-5-21(14-19)29(30)31/h3-9,14,20,22-24H,10-13,15-16H2,1-2H3,(H,27,34)/t20-,22+,23+,24-/m0/s1. The molecule has 180 valence electrons. The van der Waals surface area contributed by atoms with Crippen molar-refractivity contribution in [1.29, 1.82) is 0 Å². The number of rotatable bonds is 6. The monoisotopic (exact) mass is 481 g/mol. The first kappa shape index (κ1) is 23.4. The maximum atomic E-state index is 11.3. The molecule has 1 N–H and O–H groups in total. The lowest BCUT2D eigenvalue weighted by atomic mass is 9.76. The van der Waals surface area contributed by atoms with Gasteiger partial charge in [-0.2, -0.15) is 0 Å². The number of hydrogen-bond acceptors (Lipinski definition) is 6. The fraction of sp³-hybridized carbons (Fsp3) is 0.500. The van der Waals surface area contributed by atoms with Crippen molar-refractivity contribution in [2.45, 2.75) is 50.0 Å². The van der Waals surface area contributed by atoms with Crippen LogP contribution < -0.4 is 5.32 Å². The maximum Gasteiger partial charge on any atom is 0.269 e. The maximum absolute atomic E-state index is 11.3. The minimum Gasteiger partial charge on any atom is -0.374 e. The molecule has 3 fully saturated rings. The molecule has 4 atom stereocenters. The Bertz CT molecular complexity index is 1070. The van der Waals surface area contributed by atoms with Crippen LogP contribution in [0.2, 0.25) is 0 Å². The summed E-state index contributed by atoms with van der Waals surface area (Å²) in [6.45, 7) is 3.28. The Morgan fingerprint density at radius 1 is 1.21 bits per heavy atom. The van der Waals surface area contributed by atoms with Gasteiger partial charge in [-0.25, -0.2) is 0 Å². The van der Waals surface area contributed by atoms with E-state index < -0.39 is 10.7 Å². The van der Waals surface area contributed by atoms with Crippen LogP contribution in [0.25, 0.3) is 0 Å². The first-order valence-corrected chi connectivity index (χ1v) is 12.4. The molecule has 0 radical (unpaired) electrons. The van der Waals surface area contributed by atoms with E-state index in [1.54, 1.807) is 6.07 Å². The van der Waals surface area contributed by atoms with Gasteiger partial charge in [0, 0.05) is 35.7 Å². The molecule has 2 aromatic carbocycles. The second-order valence-corrected chi connectivity index (χ2v) is 10.2. The third-order valence-corrected chi connectivity index (χ3v) is 8.24. The molecule has 3 aliphatic rings. The number of thiocarbonyl (C=S) groups is 1. The number of non-ortho nitro benzene ring substituents is 1. The van der Waals surface area contributed by atoms with Crippen LogP contribution in [0.1, 0.15) is 41.9 Å². The molecule has 0 unspecified atom stereocenters. The summed E-state index contributed by atoms with van der Waals surface area (Å²) < 4.78 is 12.1. The van der Waals surface area contributed by atoms with Gasteiger partial charge >= 0.3 is 0 Å². The van der Waals surface area contributed by atoms with Gasteiger partial charge in [-0.1, -0.05) is 54.2 Å². The Balaban J connectivity index is 1.39. The second-order valence-electron chi connectivity index (χ2n) is 9.72. The Morgan fingerprint density at radius 2 is 1.94 bits per heavy atom. The first-order valence-electron chi connectivity index (χ1n) is 12.0. The van der Waals surface area contributed by atoms with E-state index in [-0.39, 0.29) is 11.6 Å². The SMILES string of the molecule is Cc1ccc([C@H]2C[C@@H]3CC[C@H]([C@H]2C(=S)NCC2(c4cccc([N+](=O)[O-])c4)OCCO2)N3C)cc1. The van der Waals surface area contributed by atoms with Gasteiger partial charge in [-0.3, -0.25) is 15.0 Å². The van der Waals surface area contributed by atoms with Gasteiger partial charge in [0.25, 0.3) is 5.69 Å². The largest absolute Gasteiger partial charge is 0.374 e. The summed E-state index contributed by atoms with van der Waals surface area (Å²) in [4.78, 5) is 14.2. The third kappa shape index (κ3) is 4.24. The molecular formula is C26H31N3O4S. The highest BCUT2D eigenvalue weighted by atomic mass is 32.1. The highest BCUT2D eigenvalue weighted by Crippen LogP contribution is 2.46. The molecular weight excluding hydrogens is 450 g/mol. The molecule has 34 heavy (non-hydrogen) atoms. The zero-order valence-corrected chi connectivity index (χ0v) is 20.4. The van der Waals surface area contributed by atoms with E-state index in [0.717, 1.165) is 17.8 Å². The number of ether oxygens (including phenoxy) is 2.